The van der Waals surface area contributed by atoms with Crippen molar-refractivity contribution < 1.29 is 9.21 Å². The van der Waals surface area contributed by atoms with Gasteiger partial charge in [0.05, 0.1) is 0 Å². The summed E-state index contributed by atoms with van der Waals surface area (Å²) in [5, 5.41) is 5.25. The summed E-state index contributed by atoms with van der Waals surface area (Å²) in [7, 11) is 0. The summed E-state index contributed by atoms with van der Waals surface area (Å²) >= 11 is 0. The third-order valence-electron chi connectivity index (χ3n) is 4.62. The van der Waals surface area contributed by atoms with E-state index in [4.69, 9.17) is 4.42 Å². The zero-order chi connectivity index (χ0) is 14.9. The summed E-state index contributed by atoms with van der Waals surface area (Å²) in [6.45, 7) is 0. The number of carbonyl (C=O) groups excluding carboxylic acids is 1. The van der Waals surface area contributed by atoms with Crippen LogP contribution >= 0.6 is 0 Å². The van der Waals surface area contributed by atoms with Crippen LogP contribution in [0.25, 0.3) is 21.9 Å². The summed E-state index contributed by atoms with van der Waals surface area (Å²) in [5.41, 5.74) is 2.53. The molecule has 0 bridgehead atoms. The number of para-hydroxylation sites is 1. The first-order valence-electron chi connectivity index (χ1n) is 8.03. The Morgan fingerprint density at radius 2 is 1.73 bits per heavy atom. The Balaban J connectivity index is 1.62. The fraction of sp³-hybridized carbons (Fsp3) is 0.316. The lowest BCUT2D eigenvalue weighted by molar-refractivity contribution is -0.120. The van der Waals surface area contributed by atoms with Gasteiger partial charge in [-0.3, -0.25) is 4.79 Å². The molecule has 4 rings (SSSR count). The van der Waals surface area contributed by atoms with E-state index in [9.17, 15) is 4.79 Å². The molecular formula is C19H19NO2. The van der Waals surface area contributed by atoms with Crippen LogP contribution in [0.3, 0.4) is 0 Å². The van der Waals surface area contributed by atoms with E-state index in [1.807, 2.05) is 36.4 Å². The standard InChI is InChI=1S/C19H19NO2/c21-19(13-6-2-1-3-7-13)20-14-10-11-16-15-8-4-5-9-17(15)22-18(16)12-14/h4-5,8-13H,1-3,6-7H2,(H,20,21). The lowest BCUT2D eigenvalue weighted by atomic mass is 9.88. The molecule has 1 N–H and O–H groups in total. The number of hydrogen-bond donors (Lipinski definition) is 1. The van der Waals surface area contributed by atoms with Gasteiger partial charge in [0.15, 0.2) is 0 Å². The van der Waals surface area contributed by atoms with Gasteiger partial charge in [0.1, 0.15) is 11.2 Å². The van der Waals surface area contributed by atoms with Gasteiger partial charge in [0, 0.05) is 28.4 Å². The van der Waals surface area contributed by atoms with E-state index in [1.165, 1.54) is 19.3 Å². The van der Waals surface area contributed by atoms with Gasteiger partial charge >= 0.3 is 0 Å². The van der Waals surface area contributed by atoms with Crippen LogP contribution in [0, 0.1) is 5.92 Å². The third-order valence-corrected chi connectivity index (χ3v) is 4.62. The molecule has 22 heavy (non-hydrogen) atoms. The summed E-state index contributed by atoms with van der Waals surface area (Å²) < 4.78 is 5.87. The van der Waals surface area contributed by atoms with Gasteiger partial charge in [-0.1, -0.05) is 37.5 Å². The van der Waals surface area contributed by atoms with Crippen molar-refractivity contribution in [3.8, 4) is 0 Å². The molecule has 1 heterocycles. The normalized spacial score (nSPS) is 16.2. The topological polar surface area (TPSA) is 42.2 Å². The molecule has 3 aromatic rings. The highest BCUT2D eigenvalue weighted by atomic mass is 16.3. The fourth-order valence-corrected chi connectivity index (χ4v) is 3.41. The largest absolute Gasteiger partial charge is 0.456 e. The highest BCUT2D eigenvalue weighted by Crippen LogP contribution is 2.31. The van der Waals surface area contributed by atoms with Crippen molar-refractivity contribution >= 4 is 33.5 Å². The summed E-state index contributed by atoms with van der Waals surface area (Å²) in [6.07, 6.45) is 5.62. The molecule has 1 saturated carbocycles. The third kappa shape index (κ3) is 2.37. The highest BCUT2D eigenvalue weighted by Gasteiger charge is 2.21. The van der Waals surface area contributed by atoms with Crippen molar-refractivity contribution in [2.24, 2.45) is 5.92 Å². The number of amides is 1. The first-order chi connectivity index (χ1) is 10.8. The molecule has 3 heteroatoms. The lowest BCUT2D eigenvalue weighted by Gasteiger charge is -2.20. The molecule has 0 aliphatic heterocycles. The van der Waals surface area contributed by atoms with Crippen molar-refractivity contribution in [3.05, 3.63) is 42.5 Å². The lowest BCUT2D eigenvalue weighted by Crippen LogP contribution is -2.24. The molecule has 0 atom stereocenters. The Morgan fingerprint density at radius 1 is 0.955 bits per heavy atom. The van der Waals surface area contributed by atoms with Crippen LogP contribution in [0.2, 0.25) is 0 Å². The van der Waals surface area contributed by atoms with E-state index in [-0.39, 0.29) is 11.8 Å². The molecule has 112 valence electrons. The van der Waals surface area contributed by atoms with Crippen LogP contribution in [0.5, 0.6) is 0 Å². The van der Waals surface area contributed by atoms with Gasteiger partial charge < -0.3 is 9.73 Å². The van der Waals surface area contributed by atoms with Crippen molar-refractivity contribution in [1.82, 2.24) is 0 Å². The first kappa shape index (κ1) is 13.4. The molecular weight excluding hydrogens is 274 g/mol. The smallest absolute Gasteiger partial charge is 0.227 e. The number of furan rings is 1. The molecule has 0 spiro atoms. The minimum absolute atomic E-state index is 0.148. The maximum Gasteiger partial charge on any atom is 0.227 e. The van der Waals surface area contributed by atoms with Gasteiger partial charge in [0.25, 0.3) is 0 Å². The second-order valence-electron chi connectivity index (χ2n) is 6.13. The summed E-state index contributed by atoms with van der Waals surface area (Å²) in [6, 6.07) is 13.9. The Kier molecular flexibility index (Phi) is 3.34. The Labute approximate surface area is 129 Å². The Morgan fingerprint density at radius 3 is 2.59 bits per heavy atom. The monoisotopic (exact) mass is 293 g/mol. The minimum Gasteiger partial charge on any atom is -0.456 e. The maximum atomic E-state index is 12.3. The zero-order valence-corrected chi connectivity index (χ0v) is 12.5. The van der Waals surface area contributed by atoms with Crippen LogP contribution < -0.4 is 5.32 Å². The number of rotatable bonds is 2. The van der Waals surface area contributed by atoms with E-state index in [2.05, 4.69) is 11.4 Å². The second-order valence-corrected chi connectivity index (χ2v) is 6.13. The molecule has 0 saturated heterocycles. The highest BCUT2D eigenvalue weighted by molar-refractivity contribution is 6.06. The molecule has 1 aliphatic carbocycles. The van der Waals surface area contributed by atoms with E-state index in [1.54, 1.807) is 0 Å². The molecule has 0 unspecified atom stereocenters. The van der Waals surface area contributed by atoms with Crippen LogP contribution in [-0.4, -0.2) is 5.91 Å². The number of hydrogen-bond acceptors (Lipinski definition) is 2. The maximum absolute atomic E-state index is 12.3. The predicted octanol–water partition coefficient (Wildman–Crippen LogP) is 5.10. The number of fused-ring (bicyclic) bond motifs is 3. The van der Waals surface area contributed by atoms with Gasteiger partial charge in [0.2, 0.25) is 5.91 Å². The molecule has 1 aromatic heterocycles. The minimum atomic E-state index is 0.148. The summed E-state index contributed by atoms with van der Waals surface area (Å²) in [4.78, 5) is 12.3. The molecule has 0 radical (unpaired) electrons. The number of benzene rings is 2. The van der Waals surface area contributed by atoms with Crippen LogP contribution in [0.1, 0.15) is 32.1 Å². The average molecular weight is 293 g/mol. The van der Waals surface area contributed by atoms with Crippen molar-refractivity contribution in [3.63, 3.8) is 0 Å². The SMILES string of the molecule is O=C(Nc1ccc2c(c1)oc1ccccc12)C1CCCCC1. The molecule has 1 amide bonds. The van der Waals surface area contributed by atoms with Crippen molar-refractivity contribution in [2.75, 3.05) is 5.32 Å². The molecule has 3 nitrogen and oxygen atoms in total. The van der Waals surface area contributed by atoms with Crippen LogP contribution in [0.4, 0.5) is 5.69 Å². The van der Waals surface area contributed by atoms with Crippen LogP contribution in [-0.2, 0) is 4.79 Å². The van der Waals surface area contributed by atoms with Crippen molar-refractivity contribution in [2.45, 2.75) is 32.1 Å². The van der Waals surface area contributed by atoms with E-state index >= 15 is 0 Å². The Hall–Kier alpha value is -2.29. The van der Waals surface area contributed by atoms with Crippen LogP contribution in [0.15, 0.2) is 46.9 Å². The van der Waals surface area contributed by atoms with Gasteiger partial charge in [-0.05, 0) is 31.0 Å². The average Bonchev–Trinajstić information content (AvgIpc) is 2.93. The van der Waals surface area contributed by atoms with E-state index in [0.29, 0.717) is 0 Å². The molecule has 1 aliphatic rings. The van der Waals surface area contributed by atoms with Gasteiger partial charge in [-0.15, -0.1) is 0 Å². The number of carbonyl (C=O) groups is 1. The van der Waals surface area contributed by atoms with E-state index < -0.39 is 0 Å². The number of nitrogens with one attached hydrogen (secondary N) is 1. The molecule has 1 fully saturated rings. The van der Waals surface area contributed by atoms with Crippen molar-refractivity contribution in [1.29, 1.82) is 0 Å². The van der Waals surface area contributed by atoms with E-state index in [0.717, 1.165) is 40.5 Å². The second kappa shape index (κ2) is 5.48. The predicted molar refractivity (Wildman–Crippen MR) is 88.9 cm³/mol. The van der Waals surface area contributed by atoms with Gasteiger partial charge in [-0.2, -0.15) is 0 Å². The van der Waals surface area contributed by atoms with Gasteiger partial charge in [-0.25, -0.2) is 0 Å². The zero-order valence-electron chi connectivity index (χ0n) is 12.5. The number of anilines is 1. The fourth-order valence-electron chi connectivity index (χ4n) is 3.41. The first-order valence-corrected chi connectivity index (χ1v) is 8.03. The molecule has 2 aromatic carbocycles. The quantitative estimate of drug-likeness (QED) is 0.713. The Bertz CT molecular complexity index is 828. The summed E-state index contributed by atoms with van der Waals surface area (Å²) in [5.74, 6) is 0.315.